The summed E-state index contributed by atoms with van der Waals surface area (Å²) in [5.74, 6) is 0.429. The van der Waals surface area contributed by atoms with Crippen LogP contribution in [0.3, 0.4) is 0 Å². The smallest absolute Gasteiger partial charge is 0.259 e. The van der Waals surface area contributed by atoms with E-state index < -0.39 is 0 Å². The molecule has 0 aliphatic carbocycles. The summed E-state index contributed by atoms with van der Waals surface area (Å²) < 4.78 is 0. The number of benzene rings is 1. The van der Waals surface area contributed by atoms with Crippen LogP contribution >= 0.6 is 11.8 Å². The molecule has 2 amide bonds. The molecule has 0 bridgehead atoms. The maximum Gasteiger partial charge on any atom is 0.259 e. The third-order valence-corrected chi connectivity index (χ3v) is 3.18. The van der Waals surface area contributed by atoms with Gasteiger partial charge in [0, 0.05) is 12.7 Å². The van der Waals surface area contributed by atoms with Crippen LogP contribution in [0.15, 0.2) is 29.3 Å². The van der Waals surface area contributed by atoms with E-state index in [9.17, 15) is 9.59 Å². The molecule has 18 heavy (non-hydrogen) atoms. The number of amides is 2. The van der Waals surface area contributed by atoms with Crippen LogP contribution < -0.4 is 10.6 Å². The van der Waals surface area contributed by atoms with Crippen molar-refractivity contribution < 1.29 is 9.59 Å². The maximum absolute atomic E-state index is 12.0. The Morgan fingerprint density at radius 2 is 2.06 bits per heavy atom. The first kappa shape index (κ1) is 12.6. The van der Waals surface area contributed by atoms with E-state index in [2.05, 4.69) is 15.6 Å². The predicted octanol–water partition coefficient (Wildman–Crippen LogP) is 1.48. The second-order valence-corrected chi connectivity index (χ2v) is 4.80. The first-order valence-electron chi connectivity index (χ1n) is 5.52. The van der Waals surface area contributed by atoms with Crippen molar-refractivity contribution in [1.29, 1.82) is 0 Å². The topological polar surface area (TPSA) is 70.6 Å². The van der Waals surface area contributed by atoms with Crippen LogP contribution in [-0.4, -0.2) is 29.3 Å². The lowest BCUT2D eigenvalue weighted by Gasteiger charge is -2.09. The van der Waals surface area contributed by atoms with E-state index >= 15 is 0 Å². The number of hydrogen-bond acceptors (Lipinski definition) is 4. The number of para-hydroxylation sites is 1. The van der Waals surface area contributed by atoms with Crippen molar-refractivity contribution in [3.8, 4) is 0 Å². The number of amidine groups is 1. The Balaban J connectivity index is 2.16. The van der Waals surface area contributed by atoms with Gasteiger partial charge >= 0.3 is 0 Å². The summed E-state index contributed by atoms with van der Waals surface area (Å²) in [7, 11) is 0. The van der Waals surface area contributed by atoms with Gasteiger partial charge in [-0.1, -0.05) is 23.9 Å². The summed E-state index contributed by atoms with van der Waals surface area (Å²) in [5, 5.41) is 6.00. The maximum atomic E-state index is 12.0. The van der Waals surface area contributed by atoms with Gasteiger partial charge in [-0.15, -0.1) is 0 Å². The highest BCUT2D eigenvalue weighted by atomic mass is 32.2. The SMILES string of the molecule is CC(=O)Nc1ccccc1C(=O)NC1=NCCS1. The molecule has 0 fully saturated rings. The number of rotatable bonds is 2. The zero-order valence-electron chi connectivity index (χ0n) is 9.90. The highest BCUT2D eigenvalue weighted by molar-refractivity contribution is 8.14. The number of anilines is 1. The highest BCUT2D eigenvalue weighted by Crippen LogP contribution is 2.16. The summed E-state index contributed by atoms with van der Waals surface area (Å²) in [6.45, 7) is 2.14. The van der Waals surface area contributed by atoms with E-state index in [-0.39, 0.29) is 11.8 Å². The van der Waals surface area contributed by atoms with Crippen molar-refractivity contribution >= 4 is 34.4 Å². The fourth-order valence-electron chi connectivity index (χ4n) is 1.55. The first-order valence-corrected chi connectivity index (χ1v) is 6.50. The van der Waals surface area contributed by atoms with E-state index in [4.69, 9.17) is 0 Å². The molecule has 0 saturated carbocycles. The van der Waals surface area contributed by atoms with Crippen LogP contribution in [0.4, 0.5) is 5.69 Å². The number of nitrogens with one attached hydrogen (secondary N) is 2. The second-order valence-electron chi connectivity index (χ2n) is 3.72. The Bertz CT molecular complexity index is 514. The van der Waals surface area contributed by atoms with Crippen LogP contribution in [-0.2, 0) is 4.79 Å². The second kappa shape index (κ2) is 5.68. The van der Waals surface area contributed by atoms with Crippen LogP contribution in [0.5, 0.6) is 0 Å². The van der Waals surface area contributed by atoms with Crippen molar-refractivity contribution in [2.24, 2.45) is 4.99 Å². The van der Waals surface area contributed by atoms with Crippen LogP contribution in [0.2, 0.25) is 0 Å². The van der Waals surface area contributed by atoms with Crippen molar-refractivity contribution in [1.82, 2.24) is 5.32 Å². The number of carbonyl (C=O) groups is 2. The van der Waals surface area contributed by atoms with Gasteiger partial charge < -0.3 is 10.6 Å². The Morgan fingerprint density at radius 1 is 1.28 bits per heavy atom. The molecule has 1 aliphatic heterocycles. The fourth-order valence-corrected chi connectivity index (χ4v) is 2.28. The number of nitrogens with zero attached hydrogens (tertiary/aromatic N) is 1. The molecule has 0 aromatic heterocycles. The summed E-state index contributed by atoms with van der Waals surface area (Å²) in [4.78, 5) is 27.3. The van der Waals surface area contributed by atoms with E-state index in [1.807, 2.05) is 0 Å². The zero-order valence-corrected chi connectivity index (χ0v) is 10.7. The van der Waals surface area contributed by atoms with Crippen LogP contribution in [0.25, 0.3) is 0 Å². The van der Waals surface area contributed by atoms with Crippen molar-refractivity contribution in [2.75, 3.05) is 17.6 Å². The van der Waals surface area contributed by atoms with Gasteiger partial charge in [0.25, 0.3) is 5.91 Å². The van der Waals surface area contributed by atoms with E-state index in [0.29, 0.717) is 16.4 Å². The molecule has 2 N–H and O–H groups in total. The normalized spacial score (nSPS) is 13.9. The van der Waals surface area contributed by atoms with Crippen molar-refractivity contribution in [2.45, 2.75) is 6.92 Å². The molecule has 0 spiro atoms. The van der Waals surface area contributed by atoms with E-state index in [1.54, 1.807) is 24.3 Å². The zero-order chi connectivity index (χ0) is 13.0. The van der Waals surface area contributed by atoms with E-state index in [1.165, 1.54) is 18.7 Å². The fraction of sp³-hybridized carbons (Fsp3) is 0.250. The largest absolute Gasteiger partial charge is 0.326 e. The number of hydrogen-bond donors (Lipinski definition) is 2. The van der Waals surface area contributed by atoms with Gasteiger partial charge in [0.15, 0.2) is 5.17 Å². The average Bonchev–Trinajstić information content (AvgIpc) is 2.81. The minimum Gasteiger partial charge on any atom is -0.326 e. The number of aliphatic imine (C=N–C) groups is 1. The van der Waals surface area contributed by atoms with Gasteiger partial charge in [-0.3, -0.25) is 14.6 Å². The Kier molecular flexibility index (Phi) is 3.99. The summed E-state index contributed by atoms with van der Waals surface area (Å²) in [5.41, 5.74) is 0.939. The molecule has 94 valence electrons. The van der Waals surface area contributed by atoms with Crippen molar-refractivity contribution in [3.63, 3.8) is 0 Å². The third-order valence-electron chi connectivity index (χ3n) is 2.29. The molecule has 1 aromatic rings. The minimum absolute atomic E-state index is 0.206. The molecule has 1 heterocycles. The quantitative estimate of drug-likeness (QED) is 0.849. The summed E-state index contributed by atoms with van der Waals surface area (Å²) in [6.07, 6.45) is 0. The summed E-state index contributed by atoms with van der Waals surface area (Å²) >= 11 is 1.52. The monoisotopic (exact) mass is 263 g/mol. The molecule has 5 nitrogen and oxygen atoms in total. The Morgan fingerprint density at radius 3 is 2.72 bits per heavy atom. The number of carbonyl (C=O) groups excluding carboxylic acids is 2. The molecular weight excluding hydrogens is 250 g/mol. The van der Waals surface area contributed by atoms with Gasteiger partial charge in [-0.05, 0) is 12.1 Å². The molecule has 1 aromatic carbocycles. The molecular formula is C12H13N3O2S. The molecule has 0 unspecified atom stereocenters. The molecule has 1 aliphatic rings. The molecule has 0 atom stereocenters. The third kappa shape index (κ3) is 3.10. The summed E-state index contributed by atoms with van der Waals surface area (Å²) in [6, 6.07) is 6.88. The van der Waals surface area contributed by atoms with Gasteiger partial charge in [0.05, 0.1) is 17.8 Å². The molecule has 6 heteroatoms. The molecule has 0 saturated heterocycles. The predicted molar refractivity (Wildman–Crippen MR) is 73.0 cm³/mol. The Hall–Kier alpha value is -1.82. The molecule has 2 rings (SSSR count). The average molecular weight is 263 g/mol. The van der Waals surface area contributed by atoms with Crippen molar-refractivity contribution in [3.05, 3.63) is 29.8 Å². The first-order chi connectivity index (χ1) is 8.66. The lowest BCUT2D eigenvalue weighted by atomic mass is 10.1. The van der Waals surface area contributed by atoms with Gasteiger partial charge in [0.1, 0.15) is 0 Å². The lowest BCUT2D eigenvalue weighted by Crippen LogP contribution is -2.28. The van der Waals surface area contributed by atoms with Crippen LogP contribution in [0.1, 0.15) is 17.3 Å². The number of thioether (sulfide) groups is 1. The highest BCUT2D eigenvalue weighted by Gasteiger charge is 2.15. The minimum atomic E-state index is -0.257. The standard InChI is InChI=1S/C12H13N3O2S/c1-8(16)14-10-5-3-2-4-9(10)11(17)15-12-13-6-7-18-12/h2-5H,6-7H2,1H3,(H,14,16)(H,13,15,17). The van der Waals surface area contributed by atoms with Gasteiger partial charge in [0.2, 0.25) is 5.91 Å². The molecule has 0 radical (unpaired) electrons. The van der Waals surface area contributed by atoms with E-state index in [0.717, 1.165) is 12.3 Å². The van der Waals surface area contributed by atoms with Crippen LogP contribution in [0, 0.1) is 0 Å². The lowest BCUT2D eigenvalue weighted by molar-refractivity contribution is -0.114. The Labute approximate surface area is 109 Å². The van der Waals surface area contributed by atoms with Gasteiger partial charge in [-0.25, -0.2) is 0 Å². The van der Waals surface area contributed by atoms with Gasteiger partial charge in [-0.2, -0.15) is 0 Å².